The number of nitriles is 1. The van der Waals surface area contributed by atoms with E-state index >= 15 is 0 Å². The molecule has 5 nitrogen and oxygen atoms in total. The summed E-state index contributed by atoms with van der Waals surface area (Å²) in [6.45, 7) is 1.81. The maximum atomic E-state index is 12.3. The van der Waals surface area contributed by atoms with Gasteiger partial charge in [-0.15, -0.1) is 0 Å². The van der Waals surface area contributed by atoms with Gasteiger partial charge < -0.3 is 5.32 Å². The minimum atomic E-state index is -0.367. The molecule has 1 unspecified atom stereocenters. The zero-order chi connectivity index (χ0) is 16.9. The lowest BCUT2D eigenvalue weighted by Gasteiger charge is -2.18. The quantitative estimate of drug-likeness (QED) is 0.865. The summed E-state index contributed by atoms with van der Waals surface area (Å²) in [5, 5.41) is 12.4. The van der Waals surface area contributed by atoms with E-state index in [9.17, 15) is 10.1 Å². The monoisotopic (exact) mass is 338 g/mol. The molecule has 0 saturated heterocycles. The lowest BCUT2D eigenvalue weighted by atomic mass is 9.95. The number of pyridine rings is 2. The Hall–Kier alpha value is -2.39. The van der Waals surface area contributed by atoms with E-state index in [-0.39, 0.29) is 11.2 Å². The van der Waals surface area contributed by atoms with Crippen molar-refractivity contribution in [2.24, 2.45) is 0 Å². The van der Waals surface area contributed by atoms with Gasteiger partial charge in [-0.25, -0.2) is 9.97 Å². The summed E-state index contributed by atoms with van der Waals surface area (Å²) in [4.78, 5) is 21.1. The molecule has 2 aromatic rings. The largest absolute Gasteiger partial charge is 0.310 e. The molecule has 24 heavy (non-hydrogen) atoms. The first kappa shape index (κ1) is 16.5. The predicted octanol–water partition coefficient (Wildman–Crippen LogP) is 3.35. The van der Waals surface area contributed by atoms with Crippen molar-refractivity contribution in [1.29, 1.82) is 5.26 Å². The van der Waals surface area contributed by atoms with Crippen LogP contribution in [-0.4, -0.2) is 21.1 Å². The van der Waals surface area contributed by atoms with Gasteiger partial charge in [-0.3, -0.25) is 4.79 Å². The second-order valence-corrected chi connectivity index (χ2v) is 7.06. The van der Waals surface area contributed by atoms with Crippen LogP contribution in [-0.2, 0) is 17.6 Å². The Morgan fingerprint density at radius 2 is 2.21 bits per heavy atom. The number of carbonyl (C=O) groups is 1. The SMILES string of the molecule is CC(Sc1nc2c(cc1C#N)CCCC2)C(=O)Nc1ccccn1. The second-order valence-electron chi connectivity index (χ2n) is 5.73. The van der Waals surface area contributed by atoms with Crippen LogP contribution < -0.4 is 5.32 Å². The van der Waals surface area contributed by atoms with E-state index in [1.807, 2.05) is 19.1 Å². The van der Waals surface area contributed by atoms with Gasteiger partial charge in [0.2, 0.25) is 5.91 Å². The van der Waals surface area contributed by atoms with Crippen molar-refractivity contribution in [1.82, 2.24) is 9.97 Å². The number of nitrogens with zero attached hydrogens (tertiary/aromatic N) is 3. The van der Waals surface area contributed by atoms with Gasteiger partial charge in [-0.05, 0) is 56.4 Å². The molecular weight excluding hydrogens is 320 g/mol. The molecule has 0 aliphatic heterocycles. The first-order valence-corrected chi connectivity index (χ1v) is 8.87. The Morgan fingerprint density at radius 1 is 1.38 bits per heavy atom. The molecule has 1 N–H and O–H groups in total. The lowest BCUT2D eigenvalue weighted by Crippen LogP contribution is -2.23. The van der Waals surface area contributed by atoms with Crippen LogP contribution in [0.3, 0.4) is 0 Å². The highest BCUT2D eigenvalue weighted by Crippen LogP contribution is 2.30. The van der Waals surface area contributed by atoms with Crippen LogP contribution in [0.1, 0.15) is 36.6 Å². The van der Waals surface area contributed by atoms with Gasteiger partial charge in [0.1, 0.15) is 16.9 Å². The van der Waals surface area contributed by atoms with E-state index in [0.29, 0.717) is 16.4 Å². The Morgan fingerprint density at radius 3 is 2.96 bits per heavy atom. The molecule has 6 heteroatoms. The fourth-order valence-corrected chi connectivity index (χ4v) is 3.57. The van der Waals surface area contributed by atoms with Gasteiger partial charge in [0, 0.05) is 11.9 Å². The zero-order valence-electron chi connectivity index (χ0n) is 13.5. The predicted molar refractivity (Wildman–Crippen MR) is 93.8 cm³/mol. The molecule has 0 aromatic carbocycles. The number of rotatable bonds is 4. The van der Waals surface area contributed by atoms with Crippen molar-refractivity contribution in [2.45, 2.75) is 42.9 Å². The molecule has 0 spiro atoms. The van der Waals surface area contributed by atoms with E-state index in [2.05, 4.69) is 21.4 Å². The topological polar surface area (TPSA) is 78.7 Å². The van der Waals surface area contributed by atoms with Gasteiger partial charge in [-0.2, -0.15) is 5.26 Å². The molecule has 0 radical (unpaired) electrons. The number of amides is 1. The molecule has 2 aromatic heterocycles. The lowest BCUT2D eigenvalue weighted by molar-refractivity contribution is -0.115. The van der Waals surface area contributed by atoms with Crippen molar-refractivity contribution in [2.75, 3.05) is 5.32 Å². The third-order valence-corrected chi connectivity index (χ3v) is 5.06. The summed E-state index contributed by atoms with van der Waals surface area (Å²) >= 11 is 1.32. The standard InChI is InChI=1S/C18H18N4OS/c1-12(17(23)22-16-8-4-5-9-20-16)24-18-14(11-19)10-13-6-2-3-7-15(13)21-18/h4-5,8-10,12H,2-3,6-7H2,1H3,(H,20,22,23). The van der Waals surface area contributed by atoms with Gasteiger partial charge >= 0.3 is 0 Å². The molecular formula is C18H18N4OS. The highest BCUT2D eigenvalue weighted by atomic mass is 32.2. The van der Waals surface area contributed by atoms with Crippen molar-refractivity contribution < 1.29 is 4.79 Å². The number of hydrogen-bond acceptors (Lipinski definition) is 5. The fraction of sp³-hybridized carbons (Fsp3) is 0.333. The highest BCUT2D eigenvalue weighted by molar-refractivity contribution is 8.00. The number of nitrogens with one attached hydrogen (secondary N) is 1. The number of fused-ring (bicyclic) bond motifs is 1. The first-order valence-electron chi connectivity index (χ1n) is 7.99. The smallest absolute Gasteiger partial charge is 0.238 e. The maximum absolute atomic E-state index is 12.3. The summed E-state index contributed by atoms with van der Waals surface area (Å²) in [6, 6.07) is 9.51. The third-order valence-electron chi connectivity index (χ3n) is 3.96. The maximum Gasteiger partial charge on any atom is 0.238 e. The van der Waals surface area contributed by atoms with Crippen LogP contribution in [0.15, 0.2) is 35.5 Å². The van der Waals surface area contributed by atoms with Crippen molar-refractivity contribution in [3.05, 3.63) is 47.3 Å². The molecule has 2 heterocycles. The van der Waals surface area contributed by atoms with E-state index in [1.165, 1.54) is 17.3 Å². The minimum Gasteiger partial charge on any atom is -0.310 e. The van der Waals surface area contributed by atoms with Gasteiger partial charge in [0.25, 0.3) is 0 Å². The van der Waals surface area contributed by atoms with Crippen LogP contribution in [0.2, 0.25) is 0 Å². The van der Waals surface area contributed by atoms with Crippen molar-refractivity contribution in [3.8, 4) is 6.07 Å². The molecule has 122 valence electrons. The van der Waals surface area contributed by atoms with E-state index in [0.717, 1.165) is 31.4 Å². The molecule has 1 amide bonds. The molecule has 1 atom stereocenters. The number of carbonyl (C=O) groups excluding carboxylic acids is 1. The number of thioether (sulfide) groups is 1. The average Bonchev–Trinajstić information content (AvgIpc) is 2.61. The van der Waals surface area contributed by atoms with Crippen LogP contribution >= 0.6 is 11.8 Å². The Labute approximate surface area is 145 Å². The van der Waals surface area contributed by atoms with Gasteiger partial charge in [-0.1, -0.05) is 17.8 Å². The zero-order valence-corrected chi connectivity index (χ0v) is 14.3. The third kappa shape index (κ3) is 3.74. The number of anilines is 1. The average molecular weight is 338 g/mol. The molecule has 1 aliphatic carbocycles. The second kappa shape index (κ2) is 7.45. The number of aryl methyl sites for hydroxylation is 2. The Kier molecular flexibility index (Phi) is 5.11. The number of hydrogen-bond donors (Lipinski definition) is 1. The van der Waals surface area contributed by atoms with Crippen LogP contribution in [0.4, 0.5) is 5.82 Å². The van der Waals surface area contributed by atoms with Crippen molar-refractivity contribution in [3.63, 3.8) is 0 Å². The fourth-order valence-electron chi connectivity index (χ4n) is 2.67. The number of aromatic nitrogens is 2. The summed E-state index contributed by atoms with van der Waals surface area (Å²) in [5.74, 6) is 0.371. The summed E-state index contributed by atoms with van der Waals surface area (Å²) < 4.78 is 0. The van der Waals surface area contributed by atoms with E-state index < -0.39 is 0 Å². The minimum absolute atomic E-state index is 0.151. The normalized spacial score (nSPS) is 14.3. The first-order chi connectivity index (χ1) is 11.7. The van der Waals surface area contributed by atoms with Crippen LogP contribution in [0.5, 0.6) is 0 Å². The van der Waals surface area contributed by atoms with E-state index in [1.54, 1.807) is 18.3 Å². The Bertz CT molecular complexity index is 786. The highest BCUT2D eigenvalue weighted by Gasteiger charge is 2.20. The molecule has 0 bridgehead atoms. The molecule has 0 saturated carbocycles. The molecule has 0 fully saturated rings. The van der Waals surface area contributed by atoms with Gasteiger partial charge in [0.15, 0.2) is 0 Å². The molecule has 3 rings (SSSR count). The Balaban J connectivity index is 1.75. The van der Waals surface area contributed by atoms with Crippen molar-refractivity contribution >= 4 is 23.5 Å². The van der Waals surface area contributed by atoms with E-state index in [4.69, 9.17) is 0 Å². The van der Waals surface area contributed by atoms with Crippen LogP contribution in [0.25, 0.3) is 0 Å². The van der Waals surface area contributed by atoms with Crippen LogP contribution in [0, 0.1) is 11.3 Å². The van der Waals surface area contributed by atoms with Gasteiger partial charge in [0.05, 0.1) is 10.8 Å². The molecule has 1 aliphatic rings. The summed E-state index contributed by atoms with van der Waals surface area (Å²) in [7, 11) is 0. The summed E-state index contributed by atoms with van der Waals surface area (Å²) in [6.07, 6.45) is 5.84. The summed E-state index contributed by atoms with van der Waals surface area (Å²) in [5.41, 5.74) is 2.80.